The van der Waals surface area contributed by atoms with Gasteiger partial charge in [0.25, 0.3) is 0 Å². The zero-order valence-electron chi connectivity index (χ0n) is 10.9. The maximum Gasteiger partial charge on any atom is -0.0104 e. The summed E-state index contributed by atoms with van der Waals surface area (Å²) in [6, 6.07) is 0. The van der Waals surface area contributed by atoms with Crippen molar-refractivity contribution in [1.29, 1.82) is 0 Å². The van der Waals surface area contributed by atoms with Gasteiger partial charge in [-0.25, -0.2) is 0 Å². The molecular formula is C15H24. The van der Waals surface area contributed by atoms with Crippen molar-refractivity contribution in [3.63, 3.8) is 0 Å². The Kier molecular flexibility index (Phi) is 3.96. The van der Waals surface area contributed by atoms with Crippen LogP contribution in [0.1, 0.15) is 53.9 Å². The van der Waals surface area contributed by atoms with Crippen molar-refractivity contribution in [2.45, 2.75) is 53.9 Å². The van der Waals surface area contributed by atoms with E-state index < -0.39 is 0 Å². The highest BCUT2D eigenvalue weighted by atomic mass is 14.3. The fourth-order valence-corrected chi connectivity index (χ4v) is 2.50. The molecule has 0 saturated carbocycles. The maximum absolute atomic E-state index is 2.37. The second-order valence-electron chi connectivity index (χ2n) is 5.32. The van der Waals surface area contributed by atoms with Crippen molar-refractivity contribution in [3.05, 3.63) is 34.9 Å². The number of hydrogen-bond acceptors (Lipinski definition) is 0. The van der Waals surface area contributed by atoms with Crippen LogP contribution in [0.15, 0.2) is 34.9 Å². The van der Waals surface area contributed by atoms with E-state index >= 15 is 0 Å². The summed E-state index contributed by atoms with van der Waals surface area (Å²) in [7, 11) is 0. The Bertz CT molecular complexity index is 311. The van der Waals surface area contributed by atoms with Crippen LogP contribution in [0.4, 0.5) is 0 Å². The monoisotopic (exact) mass is 204 g/mol. The zero-order valence-corrected chi connectivity index (χ0v) is 10.9. The quantitative estimate of drug-likeness (QED) is 0.553. The summed E-state index contributed by atoms with van der Waals surface area (Å²) in [5.41, 5.74) is 4.87. The Hall–Kier alpha value is -0.780. The van der Waals surface area contributed by atoms with Gasteiger partial charge in [-0.05, 0) is 51.0 Å². The highest BCUT2D eigenvalue weighted by Gasteiger charge is 2.26. The van der Waals surface area contributed by atoms with Crippen molar-refractivity contribution in [3.8, 4) is 0 Å². The Balaban J connectivity index is 3.04. The highest BCUT2D eigenvalue weighted by Crippen LogP contribution is 2.41. The first-order valence-electron chi connectivity index (χ1n) is 5.98. The Morgan fingerprint density at radius 3 is 2.53 bits per heavy atom. The first-order chi connectivity index (χ1) is 6.97. The van der Waals surface area contributed by atoms with Crippen LogP contribution < -0.4 is 0 Å². The lowest BCUT2D eigenvalue weighted by Gasteiger charge is -2.33. The zero-order chi connectivity index (χ0) is 11.5. The molecule has 0 fully saturated rings. The molecule has 0 unspecified atom stereocenters. The van der Waals surface area contributed by atoms with Crippen LogP contribution in [-0.2, 0) is 0 Å². The standard InChI is InChI=1S/C15H24/c1-6-8-12(2)11-14-13(3)9-7-10-15(14,4)5/h6,8,11H,7,9-10H2,1-5H3/b8-6+,12-11?. The van der Waals surface area contributed by atoms with Gasteiger partial charge in [-0.1, -0.05) is 43.2 Å². The molecule has 0 aromatic carbocycles. The lowest BCUT2D eigenvalue weighted by molar-refractivity contribution is 0.376. The summed E-state index contributed by atoms with van der Waals surface area (Å²) in [5, 5.41) is 0. The molecule has 15 heavy (non-hydrogen) atoms. The first kappa shape index (κ1) is 12.3. The number of rotatable bonds is 2. The smallest absolute Gasteiger partial charge is 0.0104 e. The van der Waals surface area contributed by atoms with Gasteiger partial charge < -0.3 is 0 Å². The van der Waals surface area contributed by atoms with Gasteiger partial charge in [0.1, 0.15) is 0 Å². The third-order valence-corrected chi connectivity index (χ3v) is 3.34. The van der Waals surface area contributed by atoms with Gasteiger partial charge in [-0.2, -0.15) is 0 Å². The maximum atomic E-state index is 2.37. The van der Waals surface area contributed by atoms with Crippen molar-refractivity contribution in [2.24, 2.45) is 5.41 Å². The average molecular weight is 204 g/mol. The topological polar surface area (TPSA) is 0 Å². The van der Waals surface area contributed by atoms with Gasteiger partial charge in [0.05, 0.1) is 0 Å². The molecular weight excluding hydrogens is 180 g/mol. The molecule has 1 aliphatic carbocycles. The minimum absolute atomic E-state index is 0.366. The van der Waals surface area contributed by atoms with Crippen LogP contribution in [0.3, 0.4) is 0 Å². The summed E-state index contributed by atoms with van der Waals surface area (Å²) in [6.07, 6.45) is 10.6. The van der Waals surface area contributed by atoms with Crippen LogP contribution in [0, 0.1) is 5.41 Å². The van der Waals surface area contributed by atoms with Crippen molar-refractivity contribution >= 4 is 0 Å². The molecule has 1 aliphatic rings. The molecule has 0 saturated heterocycles. The molecule has 0 bridgehead atoms. The van der Waals surface area contributed by atoms with Gasteiger partial charge >= 0.3 is 0 Å². The molecule has 0 aliphatic heterocycles. The highest BCUT2D eigenvalue weighted by molar-refractivity contribution is 5.37. The third-order valence-electron chi connectivity index (χ3n) is 3.34. The molecule has 0 aromatic rings. The lowest BCUT2D eigenvalue weighted by Crippen LogP contribution is -2.19. The van der Waals surface area contributed by atoms with E-state index in [1.807, 2.05) is 0 Å². The van der Waals surface area contributed by atoms with E-state index in [1.165, 1.54) is 24.8 Å². The van der Waals surface area contributed by atoms with Gasteiger partial charge in [0, 0.05) is 0 Å². The molecule has 0 spiro atoms. The van der Waals surface area contributed by atoms with E-state index in [2.05, 4.69) is 52.8 Å². The summed E-state index contributed by atoms with van der Waals surface area (Å²) in [4.78, 5) is 0. The molecule has 0 amide bonds. The summed E-state index contributed by atoms with van der Waals surface area (Å²) < 4.78 is 0. The summed E-state index contributed by atoms with van der Waals surface area (Å²) in [6.45, 7) is 11.3. The summed E-state index contributed by atoms with van der Waals surface area (Å²) >= 11 is 0. The van der Waals surface area contributed by atoms with Gasteiger partial charge in [0.2, 0.25) is 0 Å². The van der Waals surface area contributed by atoms with E-state index in [-0.39, 0.29) is 0 Å². The van der Waals surface area contributed by atoms with E-state index in [1.54, 1.807) is 11.1 Å². The third kappa shape index (κ3) is 3.09. The number of hydrogen-bond donors (Lipinski definition) is 0. The van der Waals surface area contributed by atoms with Gasteiger partial charge in [-0.3, -0.25) is 0 Å². The molecule has 0 heteroatoms. The van der Waals surface area contributed by atoms with Crippen LogP contribution >= 0.6 is 0 Å². The molecule has 1 rings (SSSR count). The minimum atomic E-state index is 0.366. The molecule has 84 valence electrons. The van der Waals surface area contributed by atoms with Crippen molar-refractivity contribution in [1.82, 2.24) is 0 Å². The largest absolute Gasteiger partial charge is 0.0874 e. The van der Waals surface area contributed by atoms with Gasteiger partial charge in [0.15, 0.2) is 0 Å². The minimum Gasteiger partial charge on any atom is -0.0874 e. The molecule has 0 atom stereocenters. The fourth-order valence-electron chi connectivity index (χ4n) is 2.50. The summed E-state index contributed by atoms with van der Waals surface area (Å²) in [5.74, 6) is 0. The molecule has 0 nitrogen and oxygen atoms in total. The van der Waals surface area contributed by atoms with Crippen molar-refractivity contribution in [2.75, 3.05) is 0 Å². The fraction of sp³-hybridized carbons (Fsp3) is 0.600. The Morgan fingerprint density at radius 2 is 2.00 bits per heavy atom. The van der Waals surface area contributed by atoms with Gasteiger partial charge in [-0.15, -0.1) is 0 Å². The van der Waals surface area contributed by atoms with E-state index in [4.69, 9.17) is 0 Å². The van der Waals surface area contributed by atoms with Crippen LogP contribution in [0.2, 0.25) is 0 Å². The molecule has 0 aromatic heterocycles. The van der Waals surface area contributed by atoms with Crippen LogP contribution in [0.5, 0.6) is 0 Å². The van der Waals surface area contributed by atoms with E-state index in [0.717, 1.165) is 0 Å². The van der Waals surface area contributed by atoms with E-state index in [0.29, 0.717) is 5.41 Å². The van der Waals surface area contributed by atoms with Crippen LogP contribution in [-0.4, -0.2) is 0 Å². The Labute approximate surface area is 94.8 Å². The molecule has 0 heterocycles. The first-order valence-corrected chi connectivity index (χ1v) is 5.98. The lowest BCUT2D eigenvalue weighted by atomic mass is 9.72. The number of allylic oxidation sites excluding steroid dienone is 6. The predicted octanol–water partition coefficient (Wildman–Crippen LogP) is 5.04. The predicted molar refractivity (Wildman–Crippen MR) is 68.9 cm³/mol. The average Bonchev–Trinajstić information content (AvgIpc) is 2.12. The van der Waals surface area contributed by atoms with Crippen LogP contribution in [0.25, 0.3) is 0 Å². The normalized spacial score (nSPS) is 22.6. The van der Waals surface area contributed by atoms with Crippen molar-refractivity contribution < 1.29 is 0 Å². The molecule has 0 radical (unpaired) electrons. The second kappa shape index (κ2) is 4.83. The second-order valence-corrected chi connectivity index (χ2v) is 5.32. The SMILES string of the molecule is C/C=C/C(C)=CC1=C(C)CCCC1(C)C. The Morgan fingerprint density at radius 1 is 1.33 bits per heavy atom. The van der Waals surface area contributed by atoms with E-state index in [9.17, 15) is 0 Å². The molecule has 0 N–H and O–H groups in total.